The molecule has 1 N–H and O–H groups in total. The van der Waals surface area contributed by atoms with Gasteiger partial charge in [-0.05, 0) is 12.5 Å². The van der Waals surface area contributed by atoms with E-state index < -0.39 is 17.5 Å². The number of carbonyl (C=O) groups is 3. The number of rotatable bonds is 7. The van der Waals surface area contributed by atoms with Crippen LogP contribution in [0.1, 0.15) is 12.5 Å². The third kappa shape index (κ3) is 3.22. The van der Waals surface area contributed by atoms with Crippen LogP contribution >= 0.6 is 0 Å². The van der Waals surface area contributed by atoms with Gasteiger partial charge in [-0.1, -0.05) is 42.5 Å². The van der Waals surface area contributed by atoms with Crippen LogP contribution in [-0.4, -0.2) is 47.3 Å². The van der Waals surface area contributed by atoms with Crippen LogP contribution in [-0.2, 0) is 15.1 Å². The molecule has 1 fully saturated rings. The topological polar surface area (TPSA) is 69.7 Å². The monoisotopic (exact) mass is 327 g/mol. The van der Waals surface area contributed by atoms with Crippen molar-refractivity contribution in [1.82, 2.24) is 15.1 Å². The summed E-state index contributed by atoms with van der Waals surface area (Å²) in [5, 5.41) is 2.68. The van der Waals surface area contributed by atoms with Gasteiger partial charge in [0.05, 0.1) is 0 Å². The van der Waals surface area contributed by atoms with E-state index in [1.807, 2.05) is 6.07 Å². The predicted molar refractivity (Wildman–Crippen MR) is 91.0 cm³/mol. The second-order valence-electron chi connectivity index (χ2n) is 5.69. The summed E-state index contributed by atoms with van der Waals surface area (Å²) in [4.78, 5) is 39.8. The first kappa shape index (κ1) is 17.5. The van der Waals surface area contributed by atoms with Gasteiger partial charge in [0.2, 0.25) is 5.91 Å². The molecule has 2 rings (SSSR count). The number of nitrogens with zero attached hydrogens (tertiary/aromatic N) is 2. The summed E-state index contributed by atoms with van der Waals surface area (Å²) >= 11 is 0. The first-order valence-electron chi connectivity index (χ1n) is 7.63. The van der Waals surface area contributed by atoms with Gasteiger partial charge in [0.1, 0.15) is 12.1 Å². The molecule has 1 aliphatic heterocycles. The molecule has 1 heterocycles. The van der Waals surface area contributed by atoms with E-state index in [0.717, 1.165) is 4.90 Å². The molecule has 0 aromatic heterocycles. The zero-order chi connectivity index (χ0) is 17.7. The average molecular weight is 327 g/mol. The van der Waals surface area contributed by atoms with Crippen molar-refractivity contribution in [2.24, 2.45) is 0 Å². The molecule has 0 bridgehead atoms. The summed E-state index contributed by atoms with van der Waals surface area (Å²) in [7, 11) is 0. The van der Waals surface area contributed by atoms with Crippen LogP contribution in [0, 0.1) is 0 Å². The van der Waals surface area contributed by atoms with Gasteiger partial charge in [0, 0.05) is 13.1 Å². The van der Waals surface area contributed by atoms with E-state index in [9.17, 15) is 14.4 Å². The number of hydrogen-bond acceptors (Lipinski definition) is 3. The Morgan fingerprint density at radius 2 is 1.79 bits per heavy atom. The first-order valence-corrected chi connectivity index (χ1v) is 7.63. The van der Waals surface area contributed by atoms with Crippen molar-refractivity contribution in [3.05, 3.63) is 61.2 Å². The van der Waals surface area contributed by atoms with Crippen molar-refractivity contribution in [1.29, 1.82) is 0 Å². The van der Waals surface area contributed by atoms with E-state index in [0.29, 0.717) is 18.7 Å². The maximum Gasteiger partial charge on any atom is 0.325 e. The van der Waals surface area contributed by atoms with Gasteiger partial charge in [0.25, 0.3) is 5.91 Å². The van der Waals surface area contributed by atoms with Crippen LogP contribution < -0.4 is 5.32 Å². The summed E-state index contributed by atoms with van der Waals surface area (Å²) in [6.45, 7) is 9.18. The molecule has 6 nitrogen and oxygen atoms in total. The molecular weight excluding hydrogens is 306 g/mol. The lowest BCUT2D eigenvalue weighted by molar-refractivity contribution is -0.138. The Morgan fingerprint density at radius 3 is 2.33 bits per heavy atom. The fraction of sp³-hybridized carbons (Fsp3) is 0.278. The summed E-state index contributed by atoms with van der Waals surface area (Å²) in [6, 6.07) is 8.39. The van der Waals surface area contributed by atoms with Gasteiger partial charge in [-0.2, -0.15) is 0 Å². The van der Waals surface area contributed by atoms with Crippen LogP contribution in [0.3, 0.4) is 0 Å². The second-order valence-corrected chi connectivity index (χ2v) is 5.69. The van der Waals surface area contributed by atoms with Crippen LogP contribution in [0.4, 0.5) is 4.79 Å². The smallest absolute Gasteiger partial charge is 0.325 e. The Labute approximate surface area is 141 Å². The molecule has 1 aromatic rings. The van der Waals surface area contributed by atoms with Crippen molar-refractivity contribution in [2.45, 2.75) is 12.5 Å². The first-order chi connectivity index (χ1) is 11.4. The molecule has 0 saturated carbocycles. The minimum Gasteiger partial charge on any atom is -0.334 e. The van der Waals surface area contributed by atoms with E-state index in [1.54, 1.807) is 43.3 Å². The van der Waals surface area contributed by atoms with Gasteiger partial charge < -0.3 is 10.2 Å². The predicted octanol–water partition coefficient (Wildman–Crippen LogP) is 1.65. The highest BCUT2D eigenvalue weighted by Crippen LogP contribution is 2.28. The molecule has 1 atom stereocenters. The third-order valence-electron chi connectivity index (χ3n) is 3.97. The Bertz CT molecular complexity index is 661. The van der Waals surface area contributed by atoms with Gasteiger partial charge in [-0.15, -0.1) is 13.2 Å². The van der Waals surface area contributed by atoms with Crippen molar-refractivity contribution in [3.63, 3.8) is 0 Å². The van der Waals surface area contributed by atoms with Crippen molar-refractivity contribution in [3.8, 4) is 0 Å². The number of hydrogen-bond donors (Lipinski definition) is 1. The molecule has 0 spiro atoms. The molecule has 1 aromatic carbocycles. The Kier molecular flexibility index (Phi) is 5.18. The lowest BCUT2D eigenvalue weighted by Crippen LogP contribution is -2.44. The van der Waals surface area contributed by atoms with Crippen molar-refractivity contribution in [2.75, 3.05) is 19.6 Å². The zero-order valence-electron chi connectivity index (χ0n) is 13.7. The third-order valence-corrected chi connectivity index (χ3v) is 3.97. The van der Waals surface area contributed by atoms with Gasteiger partial charge >= 0.3 is 6.03 Å². The number of imide groups is 1. The Morgan fingerprint density at radius 1 is 1.21 bits per heavy atom. The van der Waals surface area contributed by atoms with Crippen LogP contribution in [0.5, 0.6) is 0 Å². The minimum absolute atomic E-state index is 0.311. The lowest BCUT2D eigenvalue weighted by atomic mass is 9.92. The lowest BCUT2D eigenvalue weighted by Gasteiger charge is -2.24. The number of carbonyl (C=O) groups excluding carboxylic acids is 3. The molecule has 24 heavy (non-hydrogen) atoms. The van der Waals surface area contributed by atoms with Crippen LogP contribution in [0.15, 0.2) is 55.6 Å². The van der Waals surface area contributed by atoms with E-state index in [4.69, 9.17) is 0 Å². The molecule has 1 aliphatic rings. The Balaban J connectivity index is 2.19. The van der Waals surface area contributed by atoms with Crippen molar-refractivity contribution < 1.29 is 14.4 Å². The summed E-state index contributed by atoms with van der Waals surface area (Å²) in [5.41, 5.74) is -0.493. The maximum absolute atomic E-state index is 12.7. The fourth-order valence-corrected chi connectivity index (χ4v) is 2.63. The summed E-state index contributed by atoms with van der Waals surface area (Å²) < 4.78 is 0. The number of urea groups is 1. The number of amides is 4. The number of benzene rings is 1. The van der Waals surface area contributed by atoms with Crippen LogP contribution in [0.2, 0.25) is 0 Å². The fourth-order valence-electron chi connectivity index (χ4n) is 2.63. The van der Waals surface area contributed by atoms with Crippen molar-refractivity contribution >= 4 is 17.8 Å². The van der Waals surface area contributed by atoms with E-state index in [1.165, 1.54) is 4.90 Å². The molecule has 0 aliphatic carbocycles. The van der Waals surface area contributed by atoms with Gasteiger partial charge in [-0.3, -0.25) is 14.5 Å². The number of nitrogens with one attached hydrogen (secondary N) is 1. The normalized spacial score (nSPS) is 19.8. The highest BCUT2D eigenvalue weighted by Gasteiger charge is 2.49. The zero-order valence-corrected chi connectivity index (χ0v) is 13.7. The highest BCUT2D eigenvalue weighted by molar-refractivity contribution is 6.09. The van der Waals surface area contributed by atoms with Crippen LogP contribution in [0.25, 0.3) is 0 Å². The second kappa shape index (κ2) is 7.12. The highest BCUT2D eigenvalue weighted by atomic mass is 16.2. The molecular formula is C18H21N3O3. The molecule has 4 amide bonds. The molecule has 0 unspecified atom stereocenters. The molecule has 126 valence electrons. The largest absolute Gasteiger partial charge is 0.334 e. The molecule has 0 radical (unpaired) electrons. The Hall–Kier alpha value is -2.89. The van der Waals surface area contributed by atoms with E-state index in [2.05, 4.69) is 18.5 Å². The van der Waals surface area contributed by atoms with Gasteiger partial charge in [0.15, 0.2) is 0 Å². The average Bonchev–Trinajstić information content (AvgIpc) is 2.79. The standard InChI is InChI=1S/C18H21N3O3/c1-4-11-20(12-5-2)15(22)13-21-16(23)18(3,19-17(21)24)14-9-7-6-8-10-14/h4-10H,1-2,11-13H2,3H3,(H,19,24)/t18-/m0/s1. The SMILES string of the molecule is C=CCN(CC=C)C(=O)CN1C(=O)N[C@@](C)(c2ccccc2)C1=O. The summed E-state index contributed by atoms with van der Waals surface area (Å²) in [5.74, 6) is -0.778. The van der Waals surface area contributed by atoms with E-state index >= 15 is 0 Å². The summed E-state index contributed by atoms with van der Waals surface area (Å²) in [6.07, 6.45) is 3.17. The molecule has 1 saturated heterocycles. The maximum atomic E-state index is 12.7. The minimum atomic E-state index is -1.17. The molecule has 6 heteroatoms. The van der Waals surface area contributed by atoms with Gasteiger partial charge in [-0.25, -0.2) is 4.79 Å². The van der Waals surface area contributed by atoms with E-state index in [-0.39, 0.29) is 12.5 Å². The quantitative estimate of drug-likeness (QED) is 0.611.